The average molecular weight is 289 g/mol. The molecule has 2 rings (SSSR count). The molecule has 3 N–H and O–H groups in total. The van der Waals surface area contributed by atoms with Crippen molar-refractivity contribution in [2.45, 2.75) is 32.6 Å². The van der Waals surface area contributed by atoms with Crippen molar-refractivity contribution in [3.8, 4) is 0 Å². The van der Waals surface area contributed by atoms with Gasteiger partial charge < -0.3 is 16.0 Å². The molecule has 4 heteroatoms. The van der Waals surface area contributed by atoms with Crippen LogP contribution in [0.1, 0.15) is 43.0 Å². The summed E-state index contributed by atoms with van der Waals surface area (Å²) in [4.78, 5) is 13.6. The Labute approximate surface area is 127 Å². The van der Waals surface area contributed by atoms with E-state index in [2.05, 4.69) is 12.2 Å². The van der Waals surface area contributed by atoms with Crippen molar-refractivity contribution >= 4 is 17.3 Å². The smallest absolute Gasteiger partial charge is 0.253 e. The lowest BCUT2D eigenvalue weighted by molar-refractivity contribution is 0.0827. The van der Waals surface area contributed by atoms with Gasteiger partial charge in [-0.1, -0.05) is 19.8 Å². The number of nitrogens with one attached hydrogen (secondary N) is 1. The zero-order chi connectivity index (χ0) is 15.4. The second-order valence-corrected chi connectivity index (χ2v) is 6.51. The second-order valence-electron chi connectivity index (χ2n) is 6.51. The van der Waals surface area contributed by atoms with Crippen LogP contribution in [-0.2, 0) is 0 Å². The Morgan fingerprint density at radius 2 is 1.95 bits per heavy atom. The van der Waals surface area contributed by atoms with Crippen molar-refractivity contribution in [3.05, 3.63) is 23.8 Å². The lowest BCUT2D eigenvalue weighted by atomic mass is 9.83. The minimum absolute atomic E-state index is 0.00420. The molecule has 1 fully saturated rings. The van der Waals surface area contributed by atoms with Crippen LogP contribution >= 0.6 is 0 Å². The standard InChI is InChI=1S/C17H27N3O/c1-12-4-6-13(7-5-12)11-19-16-10-14(8-9-15(16)18)17(21)20(2)3/h8-10,12-13,19H,4-7,11,18H2,1-3H3. The molecule has 4 nitrogen and oxygen atoms in total. The van der Waals surface area contributed by atoms with Crippen LogP contribution in [0.5, 0.6) is 0 Å². The van der Waals surface area contributed by atoms with Crippen LogP contribution in [0, 0.1) is 11.8 Å². The van der Waals surface area contributed by atoms with Crippen LogP contribution in [0.2, 0.25) is 0 Å². The fourth-order valence-corrected chi connectivity index (χ4v) is 2.89. The summed E-state index contributed by atoms with van der Waals surface area (Å²) in [6.07, 6.45) is 5.21. The van der Waals surface area contributed by atoms with Crippen molar-refractivity contribution in [2.75, 3.05) is 31.7 Å². The molecule has 0 saturated heterocycles. The first-order valence-corrected chi connectivity index (χ1v) is 7.82. The highest BCUT2D eigenvalue weighted by Crippen LogP contribution is 2.29. The molecule has 0 bridgehead atoms. The summed E-state index contributed by atoms with van der Waals surface area (Å²) in [5.41, 5.74) is 8.27. The summed E-state index contributed by atoms with van der Waals surface area (Å²) < 4.78 is 0. The van der Waals surface area contributed by atoms with E-state index in [1.807, 2.05) is 12.1 Å². The summed E-state index contributed by atoms with van der Waals surface area (Å²) in [5.74, 6) is 1.59. The number of carbonyl (C=O) groups excluding carboxylic acids is 1. The second kappa shape index (κ2) is 6.83. The van der Waals surface area contributed by atoms with Crippen molar-refractivity contribution in [1.29, 1.82) is 0 Å². The maximum atomic E-state index is 12.0. The third-order valence-electron chi connectivity index (χ3n) is 4.42. The highest BCUT2D eigenvalue weighted by molar-refractivity contribution is 5.95. The first kappa shape index (κ1) is 15.7. The molecule has 21 heavy (non-hydrogen) atoms. The first-order chi connectivity index (χ1) is 9.97. The monoisotopic (exact) mass is 289 g/mol. The molecule has 0 aromatic heterocycles. The Bertz CT molecular complexity index is 491. The molecule has 0 radical (unpaired) electrons. The van der Waals surface area contributed by atoms with Crippen molar-refractivity contribution in [1.82, 2.24) is 4.90 Å². The van der Waals surface area contributed by atoms with E-state index >= 15 is 0 Å². The molecule has 1 aliphatic rings. The van der Waals surface area contributed by atoms with Gasteiger partial charge in [0.05, 0.1) is 11.4 Å². The van der Waals surface area contributed by atoms with Crippen molar-refractivity contribution in [3.63, 3.8) is 0 Å². The van der Waals surface area contributed by atoms with Gasteiger partial charge in [0.25, 0.3) is 5.91 Å². The van der Waals surface area contributed by atoms with E-state index in [9.17, 15) is 4.79 Å². The van der Waals surface area contributed by atoms with Crippen LogP contribution in [0.3, 0.4) is 0 Å². The fraction of sp³-hybridized carbons (Fsp3) is 0.588. The van der Waals surface area contributed by atoms with Gasteiger partial charge in [0, 0.05) is 26.2 Å². The van der Waals surface area contributed by atoms with Crippen LogP contribution in [-0.4, -0.2) is 31.4 Å². The Balaban J connectivity index is 1.99. The molecule has 0 heterocycles. The Kier molecular flexibility index (Phi) is 5.10. The van der Waals surface area contributed by atoms with Gasteiger partial charge in [-0.2, -0.15) is 0 Å². The highest BCUT2D eigenvalue weighted by Gasteiger charge is 2.18. The number of amides is 1. The molecule has 0 atom stereocenters. The quantitative estimate of drug-likeness (QED) is 0.837. The summed E-state index contributed by atoms with van der Waals surface area (Å²) >= 11 is 0. The number of nitrogen functional groups attached to an aromatic ring is 1. The van der Waals surface area contributed by atoms with Gasteiger partial charge in [0.15, 0.2) is 0 Å². The molecular weight excluding hydrogens is 262 g/mol. The topological polar surface area (TPSA) is 58.4 Å². The summed E-state index contributed by atoms with van der Waals surface area (Å²) in [7, 11) is 3.52. The SMILES string of the molecule is CC1CCC(CNc2cc(C(=O)N(C)C)ccc2N)CC1. The lowest BCUT2D eigenvalue weighted by Gasteiger charge is -2.26. The third-order valence-corrected chi connectivity index (χ3v) is 4.42. The van der Waals surface area contributed by atoms with Crippen LogP contribution in [0.4, 0.5) is 11.4 Å². The minimum Gasteiger partial charge on any atom is -0.397 e. The number of hydrogen-bond donors (Lipinski definition) is 2. The number of benzene rings is 1. The van der Waals surface area contributed by atoms with E-state index in [0.717, 1.165) is 18.2 Å². The zero-order valence-corrected chi connectivity index (χ0v) is 13.4. The molecule has 1 aromatic rings. The van der Waals surface area contributed by atoms with E-state index in [1.54, 1.807) is 25.1 Å². The molecule has 1 aromatic carbocycles. The van der Waals surface area contributed by atoms with Gasteiger partial charge in [-0.05, 0) is 42.9 Å². The maximum absolute atomic E-state index is 12.0. The number of carbonyl (C=O) groups is 1. The van der Waals surface area contributed by atoms with E-state index < -0.39 is 0 Å². The lowest BCUT2D eigenvalue weighted by Crippen LogP contribution is -2.23. The Morgan fingerprint density at radius 3 is 2.57 bits per heavy atom. The molecule has 0 unspecified atom stereocenters. The van der Waals surface area contributed by atoms with E-state index in [4.69, 9.17) is 5.73 Å². The van der Waals surface area contributed by atoms with Gasteiger partial charge in [-0.25, -0.2) is 0 Å². The summed E-state index contributed by atoms with van der Waals surface area (Å²) in [6, 6.07) is 5.45. The Morgan fingerprint density at radius 1 is 1.29 bits per heavy atom. The van der Waals surface area contributed by atoms with Crippen molar-refractivity contribution < 1.29 is 4.79 Å². The highest BCUT2D eigenvalue weighted by atomic mass is 16.2. The van der Waals surface area contributed by atoms with Crippen LogP contribution in [0.25, 0.3) is 0 Å². The molecule has 0 spiro atoms. The van der Waals surface area contributed by atoms with Gasteiger partial charge in [-0.15, -0.1) is 0 Å². The van der Waals surface area contributed by atoms with Crippen molar-refractivity contribution in [2.24, 2.45) is 11.8 Å². The predicted molar refractivity (Wildman–Crippen MR) is 88.5 cm³/mol. The number of nitrogens with two attached hydrogens (primary N) is 1. The zero-order valence-electron chi connectivity index (χ0n) is 13.4. The van der Waals surface area contributed by atoms with E-state index in [1.165, 1.54) is 25.7 Å². The number of rotatable bonds is 4. The first-order valence-electron chi connectivity index (χ1n) is 7.82. The Hall–Kier alpha value is -1.71. The predicted octanol–water partition coefficient (Wildman–Crippen LogP) is 3.21. The fourth-order valence-electron chi connectivity index (χ4n) is 2.89. The van der Waals surface area contributed by atoms with Gasteiger partial charge >= 0.3 is 0 Å². The van der Waals surface area contributed by atoms with Gasteiger partial charge in [0.2, 0.25) is 0 Å². The number of nitrogens with zero attached hydrogens (tertiary/aromatic N) is 1. The number of anilines is 2. The molecule has 1 aliphatic carbocycles. The summed E-state index contributed by atoms with van der Waals surface area (Å²) in [6.45, 7) is 3.27. The summed E-state index contributed by atoms with van der Waals surface area (Å²) in [5, 5.41) is 3.44. The maximum Gasteiger partial charge on any atom is 0.253 e. The van der Waals surface area contributed by atoms with Crippen LogP contribution < -0.4 is 11.1 Å². The third kappa shape index (κ3) is 4.13. The average Bonchev–Trinajstić information content (AvgIpc) is 2.47. The molecule has 1 amide bonds. The van der Waals surface area contributed by atoms with Gasteiger partial charge in [0.1, 0.15) is 0 Å². The molecule has 0 aliphatic heterocycles. The van der Waals surface area contributed by atoms with E-state index in [0.29, 0.717) is 17.2 Å². The van der Waals surface area contributed by atoms with Gasteiger partial charge in [-0.3, -0.25) is 4.79 Å². The van der Waals surface area contributed by atoms with Crippen LogP contribution in [0.15, 0.2) is 18.2 Å². The molecular formula is C17H27N3O. The molecule has 116 valence electrons. The van der Waals surface area contributed by atoms with E-state index in [-0.39, 0.29) is 5.91 Å². The minimum atomic E-state index is 0.00420. The number of hydrogen-bond acceptors (Lipinski definition) is 3. The normalized spacial score (nSPS) is 21.9. The molecule has 1 saturated carbocycles. The largest absolute Gasteiger partial charge is 0.397 e.